The van der Waals surface area contributed by atoms with Gasteiger partial charge in [-0.05, 0) is 17.7 Å². The normalized spacial score (nSPS) is 11.9. The number of oxazole rings is 1. The predicted octanol–water partition coefficient (Wildman–Crippen LogP) is 1.81. The van der Waals surface area contributed by atoms with Gasteiger partial charge >= 0.3 is 5.76 Å². The highest BCUT2D eigenvalue weighted by Gasteiger charge is 2.18. The minimum absolute atomic E-state index is 0.00670. The summed E-state index contributed by atoms with van der Waals surface area (Å²) < 4.78 is 39.1. The Morgan fingerprint density at radius 3 is 2.64 bits per heavy atom. The van der Waals surface area contributed by atoms with Crippen molar-refractivity contribution in [2.75, 3.05) is 0 Å². The van der Waals surface area contributed by atoms with E-state index in [1.807, 2.05) is 30.3 Å². The molecule has 2 aromatic carbocycles. The standard InChI is InChI=1S/C18H16N4O5S/c1-12-20-17(21-27-12)11-22-15-8-7-14(9-16(15)26-18(22)23)28(24,25)19-10-13-5-3-2-4-6-13/h2-9,19H,10-11H2,1H3. The van der Waals surface area contributed by atoms with E-state index < -0.39 is 15.8 Å². The lowest BCUT2D eigenvalue weighted by atomic mass is 10.2. The van der Waals surface area contributed by atoms with Gasteiger partial charge in [0.25, 0.3) is 0 Å². The third-order valence-electron chi connectivity index (χ3n) is 4.13. The van der Waals surface area contributed by atoms with Crippen LogP contribution < -0.4 is 10.5 Å². The molecule has 2 aromatic heterocycles. The Kier molecular flexibility index (Phi) is 4.57. The molecule has 0 fully saturated rings. The summed E-state index contributed by atoms with van der Waals surface area (Å²) in [5.74, 6) is 0.0708. The summed E-state index contributed by atoms with van der Waals surface area (Å²) in [5.41, 5.74) is 1.43. The number of nitrogens with zero attached hydrogens (tertiary/aromatic N) is 3. The van der Waals surface area contributed by atoms with Gasteiger partial charge in [0, 0.05) is 19.5 Å². The number of nitrogens with one attached hydrogen (secondary N) is 1. The van der Waals surface area contributed by atoms with Crippen LogP contribution in [0.4, 0.5) is 0 Å². The molecule has 0 radical (unpaired) electrons. The molecule has 0 spiro atoms. The fourth-order valence-electron chi connectivity index (χ4n) is 2.77. The molecule has 0 saturated heterocycles. The predicted molar refractivity (Wildman–Crippen MR) is 99.1 cm³/mol. The van der Waals surface area contributed by atoms with E-state index in [0.29, 0.717) is 17.2 Å². The van der Waals surface area contributed by atoms with Gasteiger partial charge in [0.1, 0.15) is 0 Å². The second-order valence-electron chi connectivity index (χ2n) is 6.12. The van der Waals surface area contributed by atoms with Crippen LogP contribution in [0.1, 0.15) is 17.3 Å². The van der Waals surface area contributed by atoms with Crippen molar-refractivity contribution in [3.63, 3.8) is 0 Å². The van der Waals surface area contributed by atoms with E-state index in [4.69, 9.17) is 8.94 Å². The largest absolute Gasteiger partial charge is 0.420 e. The Morgan fingerprint density at radius 2 is 1.93 bits per heavy atom. The SMILES string of the molecule is Cc1nc(Cn2c(=O)oc3cc(S(=O)(=O)NCc4ccccc4)ccc32)no1. The maximum absolute atomic E-state index is 12.6. The fraction of sp³-hybridized carbons (Fsp3) is 0.167. The van der Waals surface area contributed by atoms with Crippen molar-refractivity contribution in [2.24, 2.45) is 0 Å². The molecule has 0 aliphatic rings. The van der Waals surface area contributed by atoms with Crippen LogP contribution in [0.25, 0.3) is 11.1 Å². The highest BCUT2D eigenvalue weighted by Crippen LogP contribution is 2.19. The summed E-state index contributed by atoms with van der Waals surface area (Å²) in [6, 6.07) is 13.4. The van der Waals surface area contributed by atoms with Crippen molar-refractivity contribution in [1.29, 1.82) is 0 Å². The third-order valence-corrected chi connectivity index (χ3v) is 5.53. The summed E-state index contributed by atoms with van der Waals surface area (Å²) in [6.07, 6.45) is 0. The molecule has 10 heteroatoms. The summed E-state index contributed by atoms with van der Waals surface area (Å²) in [5, 5.41) is 3.76. The summed E-state index contributed by atoms with van der Waals surface area (Å²) in [4.78, 5) is 16.2. The van der Waals surface area contributed by atoms with E-state index in [1.165, 1.54) is 22.8 Å². The highest BCUT2D eigenvalue weighted by molar-refractivity contribution is 7.89. The molecule has 1 N–H and O–H groups in total. The first kappa shape index (κ1) is 18.1. The molecule has 0 atom stereocenters. The molecule has 144 valence electrons. The summed E-state index contributed by atoms with van der Waals surface area (Å²) in [7, 11) is -3.77. The summed E-state index contributed by atoms with van der Waals surface area (Å²) in [6.45, 7) is 1.86. The molecule has 0 amide bonds. The average Bonchev–Trinajstić information content (AvgIpc) is 3.23. The van der Waals surface area contributed by atoms with Crippen LogP contribution in [-0.4, -0.2) is 23.1 Å². The molecule has 0 saturated carbocycles. The van der Waals surface area contributed by atoms with Crippen molar-refractivity contribution < 1.29 is 17.4 Å². The molecular weight excluding hydrogens is 384 g/mol. The smallest absolute Gasteiger partial charge is 0.408 e. The van der Waals surface area contributed by atoms with Gasteiger partial charge in [0.15, 0.2) is 11.4 Å². The van der Waals surface area contributed by atoms with E-state index in [-0.39, 0.29) is 23.6 Å². The molecule has 0 bridgehead atoms. The van der Waals surface area contributed by atoms with Crippen LogP contribution in [-0.2, 0) is 23.1 Å². The van der Waals surface area contributed by atoms with Crippen molar-refractivity contribution in [2.45, 2.75) is 24.9 Å². The lowest BCUT2D eigenvalue weighted by Gasteiger charge is -2.07. The van der Waals surface area contributed by atoms with Crippen LogP contribution in [0, 0.1) is 6.92 Å². The van der Waals surface area contributed by atoms with Crippen molar-refractivity contribution in [3.05, 3.63) is 76.4 Å². The molecule has 2 heterocycles. The maximum Gasteiger partial charge on any atom is 0.420 e. The van der Waals surface area contributed by atoms with Gasteiger partial charge in [-0.15, -0.1) is 0 Å². The highest BCUT2D eigenvalue weighted by atomic mass is 32.2. The zero-order valence-electron chi connectivity index (χ0n) is 14.8. The van der Waals surface area contributed by atoms with Gasteiger partial charge in [-0.25, -0.2) is 17.9 Å². The van der Waals surface area contributed by atoms with E-state index in [0.717, 1.165) is 5.56 Å². The summed E-state index contributed by atoms with van der Waals surface area (Å²) >= 11 is 0. The molecule has 0 unspecified atom stereocenters. The van der Waals surface area contributed by atoms with Crippen LogP contribution in [0.15, 0.2) is 67.2 Å². The van der Waals surface area contributed by atoms with Gasteiger partial charge in [0.2, 0.25) is 15.9 Å². The number of hydrogen-bond acceptors (Lipinski definition) is 7. The fourth-order valence-corrected chi connectivity index (χ4v) is 3.80. The maximum atomic E-state index is 12.6. The molecule has 4 rings (SSSR count). The molecule has 4 aromatic rings. The number of aromatic nitrogens is 3. The van der Waals surface area contributed by atoms with Gasteiger partial charge in [-0.2, -0.15) is 4.98 Å². The second-order valence-corrected chi connectivity index (χ2v) is 7.89. The topological polar surface area (TPSA) is 120 Å². The van der Waals surface area contributed by atoms with Gasteiger partial charge in [-0.3, -0.25) is 4.57 Å². The molecule has 0 aliphatic carbocycles. The number of hydrogen-bond donors (Lipinski definition) is 1. The van der Waals surface area contributed by atoms with Crippen molar-refractivity contribution in [1.82, 2.24) is 19.4 Å². The van der Waals surface area contributed by atoms with Gasteiger partial charge in [0.05, 0.1) is 17.0 Å². The van der Waals surface area contributed by atoms with Gasteiger partial charge < -0.3 is 8.94 Å². The first-order valence-corrected chi connectivity index (χ1v) is 9.87. The Bertz CT molecular complexity index is 1290. The van der Waals surface area contributed by atoms with E-state index >= 15 is 0 Å². The first-order chi connectivity index (χ1) is 13.4. The monoisotopic (exact) mass is 400 g/mol. The molecular formula is C18H16N4O5S. The van der Waals surface area contributed by atoms with Crippen LogP contribution in [0.3, 0.4) is 0 Å². The minimum atomic E-state index is -3.77. The number of fused-ring (bicyclic) bond motifs is 1. The van der Waals surface area contributed by atoms with Crippen molar-refractivity contribution in [3.8, 4) is 0 Å². The molecule has 9 nitrogen and oxygen atoms in total. The number of rotatable bonds is 6. The number of sulfonamides is 1. The average molecular weight is 400 g/mol. The Labute approximate surface area is 159 Å². The third kappa shape index (κ3) is 3.59. The minimum Gasteiger partial charge on any atom is -0.408 e. The van der Waals surface area contributed by atoms with Crippen LogP contribution in [0.2, 0.25) is 0 Å². The number of benzene rings is 2. The zero-order valence-corrected chi connectivity index (χ0v) is 15.6. The zero-order chi connectivity index (χ0) is 19.7. The quantitative estimate of drug-likeness (QED) is 0.524. The molecule has 0 aliphatic heterocycles. The van der Waals surface area contributed by atoms with E-state index in [1.54, 1.807) is 6.92 Å². The number of aryl methyl sites for hydroxylation is 1. The lowest BCUT2D eigenvalue weighted by Crippen LogP contribution is -2.23. The van der Waals surface area contributed by atoms with E-state index in [2.05, 4.69) is 14.9 Å². The van der Waals surface area contributed by atoms with Crippen LogP contribution >= 0.6 is 0 Å². The Hall–Kier alpha value is -3.24. The second kappa shape index (κ2) is 7.06. The Balaban J connectivity index is 1.62. The van der Waals surface area contributed by atoms with E-state index in [9.17, 15) is 13.2 Å². The van der Waals surface area contributed by atoms with Crippen molar-refractivity contribution >= 4 is 21.1 Å². The Morgan fingerprint density at radius 1 is 1.14 bits per heavy atom. The first-order valence-electron chi connectivity index (χ1n) is 8.38. The molecule has 28 heavy (non-hydrogen) atoms. The lowest BCUT2D eigenvalue weighted by molar-refractivity contribution is 0.385. The van der Waals surface area contributed by atoms with Gasteiger partial charge in [-0.1, -0.05) is 35.5 Å². The van der Waals surface area contributed by atoms with Crippen LogP contribution in [0.5, 0.6) is 0 Å².